The molecule has 0 radical (unpaired) electrons. The van der Waals surface area contributed by atoms with Crippen molar-refractivity contribution in [3.05, 3.63) is 97.1 Å². The van der Waals surface area contributed by atoms with Crippen molar-refractivity contribution in [1.29, 1.82) is 0 Å². The lowest BCUT2D eigenvalue weighted by Gasteiger charge is -2.40. The molecule has 0 aliphatic carbocycles. The Bertz CT molecular complexity index is 1560. The van der Waals surface area contributed by atoms with Crippen molar-refractivity contribution >= 4 is 54.0 Å². The van der Waals surface area contributed by atoms with E-state index in [2.05, 4.69) is 152 Å². The Morgan fingerprint density at radius 2 is 0.795 bits per heavy atom. The zero-order chi connectivity index (χ0) is 31.1. The molecule has 8 heteroatoms. The van der Waals surface area contributed by atoms with Gasteiger partial charge in [0, 0.05) is 0 Å². The lowest BCUT2D eigenvalue weighted by Crippen LogP contribution is -2.77. The summed E-state index contributed by atoms with van der Waals surface area (Å²) in [6.07, 6.45) is 0. The van der Waals surface area contributed by atoms with E-state index in [0.717, 1.165) is 22.4 Å². The number of rotatable bonds is 4. The summed E-state index contributed by atoms with van der Waals surface area (Å²) in [7, 11) is -3.90. The van der Waals surface area contributed by atoms with Crippen LogP contribution in [0.25, 0.3) is 0 Å². The van der Waals surface area contributed by atoms with Crippen LogP contribution in [0, 0.1) is 0 Å². The predicted molar refractivity (Wildman–Crippen MR) is 182 cm³/mol. The molecule has 0 saturated carbocycles. The normalized spacial score (nSPS) is 21.8. The molecule has 0 atom stereocenters. The molecular formula is C36H40B2O5Si. The van der Waals surface area contributed by atoms with Crippen molar-refractivity contribution < 1.29 is 23.4 Å². The van der Waals surface area contributed by atoms with Crippen LogP contribution in [0.5, 0.6) is 11.5 Å². The third-order valence-corrected chi connectivity index (χ3v) is 15.3. The summed E-state index contributed by atoms with van der Waals surface area (Å²) in [5.41, 5.74) is 0.202. The maximum Gasteiger partial charge on any atom is 0.494 e. The Balaban J connectivity index is 1.48. The number of benzene rings is 4. The fourth-order valence-corrected chi connectivity index (χ4v) is 11.6. The lowest BCUT2D eigenvalue weighted by atomic mass is 9.79. The zero-order valence-corrected chi connectivity index (χ0v) is 27.9. The van der Waals surface area contributed by atoms with E-state index in [-0.39, 0.29) is 0 Å². The maximum atomic E-state index is 6.75. The van der Waals surface area contributed by atoms with Gasteiger partial charge in [0.15, 0.2) is 8.07 Å². The Hall–Kier alpha value is -3.13. The highest BCUT2D eigenvalue weighted by Gasteiger charge is 2.55. The summed E-state index contributed by atoms with van der Waals surface area (Å²) in [6.45, 7) is 16.7. The van der Waals surface area contributed by atoms with Gasteiger partial charge in [0.1, 0.15) is 11.5 Å². The molecule has 44 heavy (non-hydrogen) atoms. The molecule has 2 saturated heterocycles. The smallest absolute Gasteiger partial charge is 0.458 e. The van der Waals surface area contributed by atoms with Crippen molar-refractivity contribution in [2.24, 2.45) is 0 Å². The van der Waals surface area contributed by atoms with E-state index in [1.165, 1.54) is 20.7 Å². The van der Waals surface area contributed by atoms with Gasteiger partial charge in [-0.15, -0.1) is 0 Å². The molecule has 5 nitrogen and oxygen atoms in total. The molecule has 224 valence electrons. The standard InChI is InChI=1S/C36H40B2O5Si/c1-33(2)34(3,4)41-37(40-33)25-19-21-29-31(23-25)44(27-15-11-9-12-16-27,28-17-13-10-14-18-28)32-24-26(20-22-30(32)39-29)38-42-35(5,6)36(7,8)43-38/h9-24H,1-8H3. The molecule has 0 amide bonds. The van der Waals surface area contributed by atoms with Crippen LogP contribution in [-0.4, -0.2) is 44.7 Å². The molecule has 0 spiro atoms. The Kier molecular flexibility index (Phi) is 6.68. The molecule has 0 unspecified atom stereocenters. The number of hydrogen-bond donors (Lipinski definition) is 0. The second kappa shape index (κ2) is 9.93. The van der Waals surface area contributed by atoms with Crippen LogP contribution in [-0.2, 0) is 18.6 Å². The van der Waals surface area contributed by atoms with Crippen molar-refractivity contribution in [3.63, 3.8) is 0 Å². The van der Waals surface area contributed by atoms with E-state index in [4.69, 9.17) is 23.4 Å². The van der Waals surface area contributed by atoms with Gasteiger partial charge in [-0.25, -0.2) is 0 Å². The van der Waals surface area contributed by atoms with Crippen LogP contribution in [0.2, 0.25) is 0 Å². The predicted octanol–water partition coefficient (Wildman–Crippen LogP) is 3.77. The second-order valence-electron chi connectivity index (χ2n) is 14.3. The van der Waals surface area contributed by atoms with Crippen molar-refractivity contribution in [3.8, 4) is 11.5 Å². The summed E-state index contributed by atoms with van der Waals surface area (Å²) in [6, 6.07) is 34.7. The highest BCUT2D eigenvalue weighted by molar-refractivity contribution is 7.21. The first-order valence-electron chi connectivity index (χ1n) is 15.5. The van der Waals surface area contributed by atoms with Gasteiger partial charge in [0.05, 0.1) is 22.4 Å². The summed E-state index contributed by atoms with van der Waals surface area (Å²) in [4.78, 5) is 0. The summed E-state index contributed by atoms with van der Waals surface area (Å²) in [5, 5.41) is 4.88. The fourth-order valence-electron chi connectivity index (χ4n) is 6.54. The first-order valence-corrected chi connectivity index (χ1v) is 17.5. The number of fused-ring (bicyclic) bond motifs is 2. The number of hydrogen-bond acceptors (Lipinski definition) is 5. The van der Waals surface area contributed by atoms with Gasteiger partial charge in [-0.05, 0) is 99.2 Å². The van der Waals surface area contributed by atoms with Gasteiger partial charge in [0.2, 0.25) is 0 Å². The third-order valence-electron chi connectivity index (χ3n) is 10.5. The van der Waals surface area contributed by atoms with Crippen LogP contribution >= 0.6 is 0 Å². The van der Waals surface area contributed by atoms with Gasteiger partial charge in [0.25, 0.3) is 0 Å². The van der Waals surface area contributed by atoms with Gasteiger partial charge in [-0.3, -0.25) is 0 Å². The van der Waals surface area contributed by atoms with Crippen LogP contribution < -0.4 is 36.4 Å². The van der Waals surface area contributed by atoms with Crippen LogP contribution in [0.3, 0.4) is 0 Å². The molecule has 4 aromatic carbocycles. The van der Waals surface area contributed by atoms with E-state index >= 15 is 0 Å². The molecule has 0 bridgehead atoms. The minimum atomic E-state index is -2.93. The van der Waals surface area contributed by atoms with Crippen LogP contribution in [0.15, 0.2) is 97.1 Å². The lowest BCUT2D eigenvalue weighted by molar-refractivity contribution is 0.00578. The molecule has 0 aromatic heterocycles. The Morgan fingerprint density at radius 3 is 1.14 bits per heavy atom. The summed E-state index contributed by atoms with van der Waals surface area (Å²) >= 11 is 0. The highest BCUT2D eigenvalue weighted by atomic mass is 28.3. The summed E-state index contributed by atoms with van der Waals surface area (Å²) < 4.78 is 32.9. The van der Waals surface area contributed by atoms with Crippen LogP contribution in [0.1, 0.15) is 55.4 Å². The fraction of sp³-hybridized carbons (Fsp3) is 0.333. The first-order chi connectivity index (χ1) is 20.8. The Labute approximate surface area is 263 Å². The molecule has 3 heterocycles. The summed E-state index contributed by atoms with van der Waals surface area (Å²) in [5.74, 6) is 1.72. The molecule has 3 aliphatic heterocycles. The average Bonchev–Trinajstić information content (AvgIpc) is 3.35. The molecule has 2 fully saturated rings. The van der Waals surface area contributed by atoms with Gasteiger partial charge < -0.3 is 23.4 Å². The van der Waals surface area contributed by atoms with E-state index in [1.807, 2.05) is 0 Å². The molecule has 3 aliphatic rings. The quantitative estimate of drug-likeness (QED) is 0.294. The van der Waals surface area contributed by atoms with E-state index in [1.54, 1.807) is 0 Å². The minimum absolute atomic E-state index is 0.443. The van der Waals surface area contributed by atoms with Crippen LogP contribution in [0.4, 0.5) is 0 Å². The SMILES string of the molecule is CC1(C)OB(c2ccc3c(c2)[Si](c2ccccc2)(c2ccccc2)c2cc(B4OC(C)(C)C(C)(C)O4)ccc2O3)OC1(C)C. The van der Waals surface area contributed by atoms with E-state index < -0.39 is 44.7 Å². The first kappa shape index (κ1) is 29.6. The second-order valence-corrected chi connectivity index (χ2v) is 18.0. The number of ether oxygens (including phenoxy) is 1. The van der Waals surface area contributed by atoms with Gasteiger partial charge >= 0.3 is 14.2 Å². The highest BCUT2D eigenvalue weighted by Crippen LogP contribution is 2.38. The molecule has 0 N–H and O–H groups in total. The van der Waals surface area contributed by atoms with E-state index in [0.29, 0.717) is 0 Å². The topological polar surface area (TPSA) is 46.2 Å². The largest absolute Gasteiger partial charge is 0.494 e. The van der Waals surface area contributed by atoms with E-state index in [9.17, 15) is 0 Å². The average molecular weight is 602 g/mol. The van der Waals surface area contributed by atoms with Crippen molar-refractivity contribution in [2.75, 3.05) is 0 Å². The maximum absolute atomic E-state index is 6.75. The van der Waals surface area contributed by atoms with Gasteiger partial charge in [-0.2, -0.15) is 0 Å². The van der Waals surface area contributed by atoms with Crippen molar-refractivity contribution in [1.82, 2.24) is 0 Å². The molecule has 4 aromatic rings. The Morgan fingerprint density at radius 1 is 0.455 bits per heavy atom. The third kappa shape index (κ3) is 4.37. The van der Waals surface area contributed by atoms with Gasteiger partial charge in [-0.1, -0.05) is 84.9 Å². The molecular weight excluding hydrogens is 562 g/mol. The monoisotopic (exact) mass is 602 g/mol. The minimum Gasteiger partial charge on any atom is -0.458 e. The zero-order valence-electron chi connectivity index (χ0n) is 26.9. The molecule has 7 rings (SSSR count). The van der Waals surface area contributed by atoms with Crippen molar-refractivity contribution in [2.45, 2.75) is 77.8 Å².